The number of rotatable bonds is 5. The number of hydrogen-bond acceptors (Lipinski definition) is 2. The lowest BCUT2D eigenvalue weighted by Crippen LogP contribution is -2.38. The number of carbonyl (C=O) groups excluding carboxylic acids is 2. The Morgan fingerprint density at radius 1 is 0.935 bits per heavy atom. The second kappa shape index (κ2) is 9.56. The summed E-state index contributed by atoms with van der Waals surface area (Å²) in [5.74, 6) is -0.573. The Labute approximate surface area is 181 Å². The molecule has 31 heavy (non-hydrogen) atoms. The summed E-state index contributed by atoms with van der Waals surface area (Å²) in [6, 6.07) is 24.0. The van der Waals surface area contributed by atoms with Crippen molar-refractivity contribution in [2.24, 2.45) is 5.92 Å². The number of benzene rings is 3. The zero-order chi connectivity index (χ0) is 21.6. The predicted octanol–water partition coefficient (Wildman–Crippen LogP) is 3.85. The number of amides is 2. The largest absolute Gasteiger partial charge is 0.354 e. The van der Waals surface area contributed by atoms with Crippen LogP contribution in [0.25, 0.3) is 11.1 Å². The van der Waals surface area contributed by atoms with Gasteiger partial charge in [-0.25, -0.2) is 4.39 Å². The summed E-state index contributed by atoms with van der Waals surface area (Å²) in [6.45, 7) is 1.38. The van der Waals surface area contributed by atoms with E-state index in [-0.39, 0.29) is 23.5 Å². The first-order valence-electron chi connectivity index (χ1n) is 10.5. The summed E-state index contributed by atoms with van der Waals surface area (Å²) in [5.41, 5.74) is 3.88. The first-order chi connectivity index (χ1) is 15.1. The smallest absolute Gasteiger partial charge is 0.227 e. The fraction of sp³-hybridized carbons (Fsp3) is 0.231. The maximum atomic E-state index is 13.2. The summed E-state index contributed by atoms with van der Waals surface area (Å²) in [7, 11) is 0. The van der Waals surface area contributed by atoms with Crippen LogP contribution in [0.2, 0.25) is 0 Å². The van der Waals surface area contributed by atoms with Gasteiger partial charge in [-0.1, -0.05) is 66.7 Å². The standard InChI is InChI=1S/C26H25FN2O2/c27-24-11-9-21(10-12-24)22-8-4-7-20(15-22)16-23-18-29(14-13-28-26(23)31)25(30)17-19-5-2-1-3-6-19/h1-12,15,23H,13-14,16-18H2,(H,28,31)/t23-/m1/s1. The van der Waals surface area contributed by atoms with Crippen molar-refractivity contribution in [2.75, 3.05) is 19.6 Å². The van der Waals surface area contributed by atoms with Crippen LogP contribution in [0.5, 0.6) is 0 Å². The van der Waals surface area contributed by atoms with Gasteiger partial charge in [0.25, 0.3) is 0 Å². The third kappa shape index (κ3) is 5.37. The Balaban J connectivity index is 1.47. The molecule has 0 aliphatic carbocycles. The topological polar surface area (TPSA) is 49.4 Å². The molecule has 2 amide bonds. The highest BCUT2D eigenvalue weighted by molar-refractivity contribution is 5.83. The highest BCUT2D eigenvalue weighted by Gasteiger charge is 2.27. The fourth-order valence-electron chi connectivity index (χ4n) is 3.97. The van der Waals surface area contributed by atoms with Crippen LogP contribution in [0.1, 0.15) is 11.1 Å². The summed E-state index contributed by atoms with van der Waals surface area (Å²) < 4.78 is 13.2. The average Bonchev–Trinajstić information content (AvgIpc) is 2.97. The van der Waals surface area contributed by atoms with Crippen molar-refractivity contribution < 1.29 is 14.0 Å². The van der Waals surface area contributed by atoms with Crippen LogP contribution in [0.3, 0.4) is 0 Å². The first-order valence-corrected chi connectivity index (χ1v) is 10.5. The quantitative estimate of drug-likeness (QED) is 0.687. The van der Waals surface area contributed by atoms with Crippen LogP contribution < -0.4 is 5.32 Å². The van der Waals surface area contributed by atoms with Crippen LogP contribution in [0.4, 0.5) is 4.39 Å². The molecule has 1 fully saturated rings. The van der Waals surface area contributed by atoms with E-state index in [1.54, 1.807) is 17.0 Å². The van der Waals surface area contributed by atoms with Crippen molar-refractivity contribution in [1.29, 1.82) is 0 Å². The number of nitrogens with one attached hydrogen (secondary N) is 1. The molecule has 1 atom stereocenters. The van der Waals surface area contributed by atoms with E-state index in [0.29, 0.717) is 32.5 Å². The Kier molecular flexibility index (Phi) is 6.41. The van der Waals surface area contributed by atoms with Crippen molar-refractivity contribution >= 4 is 11.8 Å². The molecule has 0 saturated carbocycles. The second-order valence-corrected chi connectivity index (χ2v) is 7.90. The van der Waals surface area contributed by atoms with Crippen LogP contribution in [0.15, 0.2) is 78.9 Å². The van der Waals surface area contributed by atoms with Crippen LogP contribution in [0, 0.1) is 11.7 Å². The number of halogens is 1. The normalized spacial score (nSPS) is 16.5. The SMILES string of the molecule is O=C1NCCN(C(=O)Cc2ccccc2)C[C@H]1Cc1cccc(-c2ccc(F)cc2)c1. The van der Waals surface area contributed by atoms with E-state index in [4.69, 9.17) is 0 Å². The Morgan fingerprint density at radius 2 is 1.68 bits per heavy atom. The van der Waals surface area contributed by atoms with Crippen LogP contribution in [-0.2, 0) is 22.4 Å². The Morgan fingerprint density at radius 3 is 2.45 bits per heavy atom. The molecule has 0 bridgehead atoms. The Bertz CT molecular complexity index is 1050. The van der Waals surface area contributed by atoms with Gasteiger partial charge in [0.2, 0.25) is 11.8 Å². The minimum absolute atomic E-state index is 0.0257. The molecule has 5 heteroatoms. The molecule has 0 aromatic heterocycles. The maximum absolute atomic E-state index is 13.2. The molecule has 3 aromatic carbocycles. The van der Waals surface area contributed by atoms with Gasteiger partial charge >= 0.3 is 0 Å². The van der Waals surface area contributed by atoms with Crippen molar-refractivity contribution in [2.45, 2.75) is 12.8 Å². The van der Waals surface area contributed by atoms with Gasteiger partial charge in [0.15, 0.2) is 0 Å². The van der Waals surface area contributed by atoms with Crippen molar-refractivity contribution in [1.82, 2.24) is 10.2 Å². The molecular formula is C26H25FN2O2. The molecule has 1 saturated heterocycles. The molecule has 0 spiro atoms. The Hall–Kier alpha value is -3.47. The number of nitrogens with zero attached hydrogens (tertiary/aromatic N) is 1. The highest BCUT2D eigenvalue weighted by atomic mass is 19.1. The molecule has 1 N–H and O–H groups in total. The van der Waals surface area contributed by atoms with Gasteiger partial charge in [0, 0.05) is 19.6 Å². The summed E-state index contributed by atoms with van der Waals surface area (Å²) in [6.07, 6.45) is 0.873. The summed E-state index contributed by atoms with van der Waals surface area (Å²) in [5, 5.41) is 2.94. The number of carbonyl (C=O) groups is 2. The zero-order valence-electron chi connectivity index (χ0n) is 17.3. The van der Waals surface area contributed by atoms with Crippen LogP contribution >= 0.6 is 0 Å². The van der Waals surface area contributed by atoms with Gasteiger partial charge in [-0.3, -0.25) is 9.59 Å². The zero-order valence-corrected chi connectivity index (χ0v) is 17.3. The van der Waals surface area contributed by atoms with Gasteiger partial charge in [-0.15, -0.1) is 0 Å². The van der Waals surface area contributed by atoms with Crippen molar-refractivity contribution in [3.8, 4) is 11.1 Å². The van der Waals surface area contributed by atoms with E-state index in [1.165, 1.54) is 12.1 Å². The molecule has 158 valence electrons. The molecule has 1 aliphatic rings. The molecule has 0 unspecified atom stereocenters. The van der Waals surface area contributed by atoms with Gasteiger partial charge in [-0.2, -0.15) is 0 Å². The lowest BCUT2D eigenvalue weighted by Gasteiger charge is -2.23. The molecule has 3 aromatic rings. The molecular weight excluding hydrogens is 391 g/mol. The van der Waals surface area contributed by atoms with E-state index in [9.17, 15) is 14.0 Å². The minimum atomic E-state index is -0.314. The highest BCUT2D eigenvalue weighted by Crippen LogP contribution is 2.23. The van der Waals surface area contributed by atoms with E-state index in [2.05, 4.69) is 5.32 Å². The van der Waals surface area contributed by atoms with Crippen molar-refractivity contribution in [3.63, 3.8) is 0 Å². The summed E-state index contributed by atoms with van der Waals surface area (Å²) >= 11 is 0. The lowest BCUT2D eigenvalue weighted by atomic mass is 9.95. The van der Waals surface area contributed by atoms with Gasteiger partial charge < -0.3 is 10.2 Å². The summed E-state index contributed by atoms with van der Waals surface area (Å²) in [4.78, 5) is 27.3. The second-order valence-electron chi connectivity index (χ2n) is 7.90. The molecule has 0 radical (unpaired) electrons. The van der Waals surface area contributed by atoms with Gasteiger partial charge in [0.05, 0.1) is 12.3 Å². The van der Waals surface area contributed by atoms with E-state index >= 15 is 0 Å². The third-order valence-corrected chi connectivity index (χ3v) is 5.63. The first kappa shape index (κ1) is 20.8. The van der Waals surface area contributed by atoms with Gasteiger partial charge in [0.1, 0.15) is 5.82 Å². The fourth-order valence-corrected chi connectivity index (χ4v) is 3.97. The van der Waals surface area contributed by atoms with E-state index in [1.807, 2.05) is 54.6 Å². The lowest BCUT2D eigenvalue weighted by molar-refractivity contribution is -0.131. The van der Waals surface area contributed by atoms with Gasteiger partial charge in [-0.05, 0) is 40.8 Å². The van der Waals surface area contributed by atoms with Crippen molar-refractivity contribution in [3.05, 3.63) is 95.8 Å². The average molecular weight is 416 g/mol. The number of hydrogen-bond donors (Lipinski definition) is 1. The third-order valence-electron chi connectivity index (χ3n) is 5.63. The molecule has 4 nitrogen and oxygen atoms in total. The minimum Gasteiger partial charge on any atom is -0.354 e. The maximum Gasteiger partial charge on any atom is 0.227 e. The molecule has 4 rings (SSSR count). The predicted molar refractivity (Wildman–Crippen MR) is 119 cm³/mol. The monoisotopic (exact) mass is 416 g/mol. The van der Waals surface area contributed by atoms with E-state index < -0.39 is 0 Å². The molecule has 1 heterocycles. The van der Waals surface area contributed by atoms with E-state index in [0.717, 1.165) is 22.3 Å². The molecule has 1 aliphatic heterocycles. The van der Waals surface area contributed by atoms with Crippen LogP contribution in [-0.4, -0.2) is 36.3 Å².